The first kappa shape index (κ1) is 16.7. The molecule has 0 saturated carbocycles. The fourth-order valence-corrected chi connectivity index (χ4v) is 2.26. The Hall–Kier alpha value is -1.39. The van der Waals surface area contributed by atoms with Crippen LogP contribution < -0.4 is 0 Å². The Balaban J connectivity index is 2.65. The van der Waals surface area contributed by atoms with Crippen LogP contribution in [-0.2, 0) is 14.3 Å². The molecule has 2 atom stereocenters. The second-order valence-electron chi connectivity index (χ2n) is 6.50. The van der Waals surface area contributed by atoms with Gasteiger partial charge in [0, 0.05) is 19.0 Å². The van der Waals surface area contributed by atoms with Crippen molar-refractivity contribution >= 4 is 17.7 Å². The van der Waals surface area contributed by atoms with Crippen LogP contribution in [0.15, 0.2) is 0 Å². The fourth-order valence-electron chi connectivity index (χ4n) is 2.26. The van der Waals surface area contributed by atoms with Crippen LogP contribution in [0.25, 0.3) is 0 Å². The highest BCUT2D eigenvalue weighted by molar-refractivity contribution is 6.02. The van der Waals surface area contributed by atoms with Gasteiger partial charge < -0.3 is 9.64 Å². The van der Waals surface area contributed by atoms with Gasteiger partial charge in [-0.15, -0.1) is 0 Å². The number of carbonyl (C=O) groups excluding carboxylic acids is 3. The minimum atomic E-state index is -0.585. The van der Waals surface area contributed by atoms with E-state index in [0.29, 0.717) is 13.1 Å². The highest BCUT2D eigenvalue weighted by Gasteiger charge is 2.33. The van der Waals surface area contributed by atoms with E-state index in [4.69, 9.17) is 4.74 Å². The van der Waals surface area contributed by atoms with Crippen molar-refractivity contribution in [3.05, 3.63) is 0 Å². The summed E-state index contributed by atoms with van der Waals surface area (Å²) in [5.41, 5.74) is -0.541. The number of amides is 1. The molecular weight excluding hydrogens is 258 g/mol. The molecule has 1 amide bonds. The first-order valence-electron chi connectivity index (χ1n) is 7.14. The Kier molecular flexibility index (Phi) is 5.31. The van der Waals surface area contributed by atoms with E-state index in [0.717, 1.165) is 12.8 Å². The second-order valence-corrected chi connectivity index (χ2v) is 6.50. The van der Waals surface area contributed by atoms with E-state index in [9.17, 15) is 14.4 Å². The van der Waals surface area contributed by atoms with E-state index in [1.165, 1.54) is 6.92 Å². The van der Waals surface area contributed by atoms with Gasteiger partial charge in [0.05, 0.1) is 5.92 Å². The molecule has 5 nitrogen and oxygen atoms in total. The number of Topliss-reactive ketones (excluding diaryl/α,β-unsaturated/α-hetero) is 2. The van der Waals surface area contributed by atoms with Crippen LogP contribution in [0.4, 0.5) is 4.79 Å². The molecule has 0 aromatic rings. The van der Waals surface area contributed by atoms with Crippen molar-refractivity contribution < 1.29 is 19.1 Å². The molecule has 20 heavy (non-hydrogen) atoms. The van der Waals surface area contributed by atoms with Gasteiger partial charge in [0.1, 0.15) is 17.2 Å². The van der Waals surface area contributed by atoms with Gasteiger partial charge >= 0.3 is 6.09 Å². The molecule has 1 saturated heterocycles. The van der Waals surface area contributed by atoms with Crippen molar-refractivity contribution in [1.82, 2.24) is 4.90 Å². The topological polar surface area (TPSA) is 63.7 Å². The first-order chi connectivity index (χ1) is 9.11. The molecule has 0 aliphatic carbocycles. The Morgan fingerprint density at radius 2 is 1.85 bits per heavy atom. The lowest BCUT2D eigenvalue weighted by Gasteiger charge is -2.34. The number of ether oxygens (including phenoxy) is 1. The van der Waals surface area contributed by atoms with Gasteiger partial charge in [-0.25, -0.2) is 4.79 Å². The third-order valence-corrected chi connectivity index (χ3v) is 3.51. The summed E-state index contributed by atoms with van der Waals surface area (Å²) in [7, 11) is 0. The van der Waals surface area contributed by atoms with Crippen molar-refractivity contribution in [3.63, 3.8) is 0 Å². The summed E-state index contributed by atoms with van der Waals surface area (Å²) in [5.74, 6) is -1.02. The van der Waals surface area contributed by atoms with Crippen LogP contribution in [0, 0.1) is 11.8 Å². The van der Waals surface area contributed by atoms with E-state index in [-0.39, 0.29) is 23.6 Å². The molecule has 1 fully saturated rings. The number of ketones is 2. The summed E-state index contributed by atoms with van der Waals surface area (Å²) in [4.78, 5) is 37.1. The summed E-state index contributed by atoms with van der Waals surface area (Å²) < 4.78 is 5.32. The van der Waals surface area contributed by atoms with Crippen molar-refractivity contribution in [2.75, 3.05) is 13.1 Å². The number of likely N-dealkylation sites (tertiary alicyclic amines) is 1. The molecule has 5 heteroatoms. The van der Waals surface area contributed by atoms with E-state index in [1.807, 2.05) is 20.8 Å². The van der Waals surface area contributed by atoms with Crippen LogP contribution in [0.1, 0.15) is 47.5 Å². The maximum atomic E-state index is 12.2. The van der Waals surface area contributed by atoms with Gasteiger partial charge in [-0.05, 0) is 47.5 Å². The van der Waals surface area contributed by atoms with Crippen molar-refractivity contribution in [3.8, 4) is 0 Å². The van der Waals surface area contributed by atoms with Gasteiger partial charge in [0.15, 0.2) is 0 Å². The van der Waals surface area contributed by atoms with E-state index in [2.05, 4.69) is 0 Å². The van der Waals surface area contributed by atoms with Crippen LogP contribution in [-0.4, -0.2) is 41.3 Å². The molecule has 1 heterocycles. The molecule has 0 aromatic carbocycles. The van der Waals surface area contributed by atoms with Crippen LogP contribution in [0.2, 0.25) is 0 Å². The van der Waals surface area contributed by atoms with Crippen LogP contribution in [0.3, 0.4) is 0 Å². The number of nitrogens with zero attached hydrogens (tertiary/aromatic N) is 1. The highest BCUT2D eigenvalue weighted by Crippen LogP contribution is 2.22. The van der Waals surface area contributed by atoms with E-state index < -0.39 is 11.5 Å². The molecule has 1 rings (SSSR count). The molecule has 0 N–H and O–H groups in total. The zero-order valence-corrected chi connectivity index (χ0v) is 13.1. The average molecular weight is 283 g/mol. The van der Waals surface area contributed by atoms with Crippen molar-refractivity contribution in [2.45, 2.75) is 53.1 Å². The Labute approximate surface area is 120 Å². The van der Waals surface area contributed by atoms with Gasteiger partial charge in [-0.2, -0.15) is 0 Å². The molecule has 114 valence electrons. The largest absolute Gasteiger partial charge is 0.444 e. The molecule has 0 bridgehead atoms. The lowest BCUT2D eigenvalue weighted by molar-refractivity contribution is -0.134. The fraction of sp³-hybridized carbons (Fsp3) is 0.800. The molecule has 0 radical (unpaired) electrons. The number of rotatable bonds is 3. The quantitative estimate of drug-likeness (QED) is 0.746. The third-order valence-electron chi connectivity index (χ3n) is 3.51. The van der Waals surface area contributed by atoms with E-state index in [1.54, 1.807) is 11.8 Å². The van der Waals surface area contributed by atoms with Gasteiger partial charge in [0.2, 0.25) is 0 Å². The van der Waals surface area contributed by atoms with Gasteiger partial charge in [0.25, 0.3) is 0 Å². The molecule has 0 spiro atoms. The Morgan fingerprint density at radius 1 is 1.25 bits per heavy atom. The van der Waals surface area contributed by atoms with Crippen molar-refractivity contribution in [2.24, 2.45) is 11.8 Å². The summed E-state index contributed by atoms with van der Waals surface area (Å²) >= 11 is 0. The first-order valence-corrected chi connectivity index (χ1v) is 7.14. The number of hydrogen-bond donors (Lipinski definition) is 0. The standard InChI is InChI=1S/C15H25NO4/c1-10(11(2)17)13(18)12-7-6-8-16(9-12)14(19)20-15(3,4)5/h10,12H,6-9H2,1-5H3/t10?,12-/m1/s1. The Bertz CT molecular complexity index is 397. The molecule has 1 aliphatic rings. The smallest absolute Gasteiger partial charge is 0.410 e. The lowest BCUT2D eigenvalue weighted by atomic mass is 9.86. The molecule has 1 unspecified atom stereocenters. The summed E-state index contributed by atoms with van der Waals surface area (Å²) in [5, 5.41) is 0. The van der Waals surface area contributed by atoms with E-state index >= 15 is 0 Å². The number of carbonyl (C=O) groups is 3. The summed E-state index contributed by atoms with van der Waals surface area (Å²) in [6, 6.07) is 0. The maximum Gasteiger partial charge on any atom is 0.410 e. The van der Waals surface area contributed by atoms with Gasteiger partial charge in [-0.1, -0.05) is 0 Å². The molecular formula is C15H25NO4. The minimum Gasteiger partial charge on any atom is -0.444 e. The highest BCUT2D eigenvalue weighted by atomic mass is 16.6. The van der Waals surface area contributed by atoms with Crippen molar-refractivity contribution in [1.29, 1.82) is 0 Å². The zero-order chi connectivity index (χ0) is 15.5. The number of hydrogen-bond acceptors (Lipinski definition) is 4. The van der Waals surface area contributed by atoms with Crippen LogP contribution in [0.5, 0.6) is 0 Å². The molecule has 0 aromatic heterocycles. The van der Waals surface area contributed by atoms with Crippen LogP contribution >= 0.6 is 0 Å². The lowest BCUT2D eigenvalue weighted by Crippen LogP contribution is -2.45. The predicted molar refractivity (Wildman–Crippen MR) is 75.4 cm³/mol. The predicted octanol–water partition coefficient (Wildman–Crippen LogP) is 2.43. The third kappa shape index (κ3) is 4.62. The normalized spacial score (nSPS) is 21.2. The minimum absolute atomic E-state index is 0.0641. The number of piperidine rings is 1. The summed E-state index contributed by atoms with van der Waals surface area (Å²) in [6.45, 7) is 9.46. The summed E-state index contributed by atoms with van der Waals surface area (Å²) in [6.07, 6.45) is 1.11. The Morgan fingerprint density at radius 3 is 2.35 bits per heavy atom. The molecule has 1 aliphatic heterocycles. The SMILES string of the molecule is CC(=O)C(C)C(=O)[C@@H]1CCCN(C(=O)OC(C)(C)C)C1. The monoisotopic (exact) mass is 283 g/mol. The zero-order valence-electron chi connectivity index (χ0n) is 13.1. The second kappa shape index (κ2) is 6.37. The average Bonchev–Trinajstić information content (AvgIpc) is 2.35. The maximum absolute atomic E-state index is 12.2. The van der Waals surface area contributed by atoms with Gasteiger partial charge in [-0.3, -0.25) is 9.59 Å².